The average molecular weight is 520 g/mol. The number of nitrogen functional groups attached to an aromatic ring is 1. The molecule has 3 aromatic rings. The molecule has 0 amide bonds. The Labute approximate surface area is 208 Å². The monoisotopic (exact) mass is 520 g/mol. The first-order chi connectivity index (χ1) is 17.5. The number of aromatic hydroxyl groups is 1. The third-order valence-corrected chi connectivity index (χ3v) is 6.19. The number of nitrogens with zero attached hydrogens (tertiary/aromatic N) is 3. The Morgan fingerprint density at radius 3 is 2.59 bits per heavy atom. The number of phenols is 1. The normalized spacial score (nSPS) is 25.5. The molecule has 1 aliphatic heterocycles. The van der Waals surface area contributed by atoms with Crippen molar-refractivity contribution < 1.29 is 44.6 Å². The molecule has 2 heterocycles. The van der Waals surface area contributed by atoms with E-state index in [0.29, 0.717) is 0 Å². The van der Waals surface area contributed by atoms with Gasteiger partial charge in [0.1, 0.15) is 23.8 Å². The summed E-state index contributed by atoms with van der Waals surface area (Å²) in [5.74, 6) is -4.91. The van der Waals surface area contributed by atoms with Gasteiger partial charge in [0, 0.05) is 17.3 Å². The van der Waals surface area contributed by atoms with E-state index in [2.05, 4.69) is 4.98 Å². The maximum Gasteiger partial charge on any atom is 0.353 e. The maximum absolute atomic E-state index is 14.5. The predicted octanol–water partition coefficient (Wildman–Crippen LogP) is -0.720. The number of halogens is 1. The minimum Gasteiger partial charge on any atom is -0.504 e. The van der Waals surface area contributed by atoms with Gasteiger partial charge in [0.2, 0.25) is 5.72 Å². The molecule has 0 spiro atoms. The van der Waals surface area contributed by atoms with Gasteiger partial charge < -0.3 is 45.9 Å². The maximum atomic E-state index is 14.5. The summed E-state index contributed by atoms with van der Waals surface area (Å²) in [4.78, 5) is 16.4. The molecule has 0 saturated carbocycles. The topological polar surface area (TPSA) is 204 Å². The van der Waals surface area contributed by atoms with Gasteiger partial charge in [0.15, 0.2) is 11.5 Å². The van der Waals surface area contributed by atoms with Gasteiger partial charge >= 0.3 is 11.6 Å². The number of methoxy groups -OCH3 is 1. The molecule has 13 nitrogen and oxygen atoms in total. The molecule has 4 rings (SSSR count). The highest BCUT2D eigenvalue weighted by Crippen LogP contribution is 2.45. The second-order valence-corrected chi connectivity index (χ2v) is 8.34. The minimum absolute atomic E-state index is 0.0202. The molecular weight excluding hydrogens is 495 g/mol. The lowest BCUT2D eigenvalue weighted by atomic mass is 9.99. The molecule has 8 N–H and O–H groups in total. The van der Waals surface area contributed by atoms with Crippen molar-refractivity contribution in [2.24, 2.45) is 0 Å². The molecule has 1 saturated heterocycles. The second kappa shape index (κ2) is 9.68. The van der Waals surface area contributed by atoms with Crippen molar-refractivity contribution in [2.45, 2.75) is 30.4 Å². The first kappa shape index (κ1) is 26.4. The Bertz CT molecular complexity index is 1370. The van der Waals surface area contributed by atoms with E-state index in [1.54, 1.807) is 0 Å². The van der Waals surface area contributed by atoms with Gasteiger partial charge in [-0.3, -0.25) is 0 Å². The summed E-state index contributed by atoms with van der Waals surface area (Å²) < 4.78 is 25.0. The zero-order valence-electron chi connectivity index (χ0n) is 19.4. The van der Waals surface area contributed by atoms with Crippen LogP contribution in [-0.2, 0) is 17.2 Å². The number of benzene rings is 2. The molecular formula is C23H25FN4O9. The number of hydroxylamine groups is 2. The third-order valence-electron chi connectivity index (χ3n) is 6.19. The minimum atomic E-state index is -3.34. The molecule has 0 unspecified atom stereocenters. The van der Waals surface area contributed by atoms with Gasteiger partial charge in [-0.15, -0.1) is 5.06 Å². The van der Waals surface area contributed by atoms with E-state index in [4.69, 9.17) is 15.2 Å². The Hall–Kier alpha value is -3.63. The number of hydrogen-bond donors (Lipinski definition) is 7. The van der Waals surface area contributed by atoms with Gasteiger partial charge in [-0.1, -0.05) is 24.3 Å². The van der Waals surface area contributed by atoms with E-state index < -0.39 is 54.3 Å². The summed E-state index contributed by atoms with van der Waals surface area (Å²) in [6.07, 6.45) is -2.99. The molecule has 0 aliphatic carbocycles. The van der Waals surface area contributed by atoms with Crippen LogP contribution in [0, 0.1) is 5.82 Å². The predicted molar refractivity (Wildman–Crippen MR) is 123 cm³/mol. The lowest BCUT2D eigenvalue weighted by molar-refractivity contribution is -0.413. The second-order valence-electron chi connectivity index (χ2n) is 8.34. The summed E-state index contributed by atoms with van der Waals surface area (Å²) in [5, 5.41) is 64.5. The van der Waals surface area contributed by atoms with Crippen LogP contribution in [0.25, 0.3) is 11.1 Å². The van der Waals surface area contributed by atoms with Gasteiger partial charge in [-0.25, -0.2) is 18.7 Å². The van der Waals surface area contributed by atoms with E-state index in [1.807, 2.05) is 0 Å². The van der Waals surface area contributed by atoms with Gasteiger partial charge in [-0.2, -0.15) is 0 Å². The van der Waals surface area contributed by atoms with Gasteiger partial charge in [-0.05, 0) is 23.8 Å². The number of hydrogen-bond acceptors (Lipinski definition) is 12. The zero-order valence-corrected chi connectivity index (χ0v) is 19.4. The standard InChI is InChI=1S/C23H25FN4O9/c1-36-17-8-12(6-7-16(17)30)10-27(35)22(33)19(31)18(11-29)37-23(22,34)28-20(25)14(9-26-21(28)32)13-4-2-3-5-15(13)24/h2-9,18-19,29-31,33-35H,10-11,25H2,1H3/t18-,19-,22-,23-/m1/s1. The molecule has 14 heteroatoms. The third kappa shape index (κ3) is 4.10. The summed E-state index contributed by atoms with van der Waals surface area (Å²) in [7, 11) is 1.28. The van der Waals surface area contributed by atoms with Crippen LogP contribution in [-0.4, -0.2) is 77.0 Å². The van der Waals surface area contributed by atoms with Crippen LogP contribution < -0.4 is 16.2 Å². The zero-order chi connectivity index (χ0) is 27.1. The summed E-state index contributed by atoms with van der Waals surface area (Å²) in [5.41, 5.74) is 1.53. The summed E-state index contributed by atoms with van der Waals surface area (Å²) >= 11 is 0. The highest BCUT2D eigenvalue weighted by atomic mass is 19.1. The number of rotatable bonds is 7. The average Bonchev–Trinajstić information content (AvgIpc) is 3.07. The van der Waals surface area contributed by atoms with Crippen molar-refractivity contribution in [3.63, 3.8) is 0 Å². The number of aromatic nitrogens is 2. The fourth-order valence-electron chi connectivity index (χ4n) is 4.25. The number of nitrogens with two attached hydrogens (primary N) is 1. The number of phenolic OH excluding ortho intramolecular Hbond substituents is 1. The highest BCUT2D eigenvalue weighted by molar-refractivity contribution is 5.73. The summed E-state index contributed by atoms with van der Waals surface area (Å²) in [6.45, 7) is -1.58. The van der Waals surface area contributed by atoms with Crippen LogP contribution >= 0.6 is 0 Å². The van der Waals surface area contributed by atoms with Crippen LogP contribution in [0.5, 0.6) is 11.5 Å². The van der Waals surface area contributed by atoms with Crippen molar-refractivity contribution >= 4 is 5.82 Å². The molecule has 37 heavy (non-hydrogen) atoms. The van der Waals surface area contributed by atoms with Crippen molar-refractivity contribution in [2.75, 3.05) is 19.5 Å². The van der Waals surface area contributed by atoms with E-state index in [0.717, 1.165) is 12.3 Å². The van der Waals surface area contributed by atoms with E-state index in [9.17, 15) is 39.9 Å². The fraction of sp³-hybridized carbons (Fsp3) is 0.304. The Kier molecular flexibility index (Phi) is 6.91. The van der Waals surface area contributed by atoms with E-state index >= 15 is 0 Å². The molecule has 198 valence electrons. The highest BCUT2D eigenvalue weighted by Gasteiger charge is 2.70. The van der Waals surface area contributed by atoms with Crippen molar-refractivity contribution in [1.82, 2.24) is 14.6 Å². The van der Waals surface area contributed by atoms with Crippen LogP contribution in [0.1, 0.15) is 5.56 Å². The van der Waals surface area contributed by atoms with Crippen molar-refractivity contribution in [3.05, 3.63) is 70.5 Å². The molecule has 1 aliphatic rings. The molecule has 4 atom stereocenters. The smallest absolute Gasteiger partial charge is 0.353 e. The van der Waals surface area contributed by atoms with Crippen LogP contribution in [0.2, 0.25) is 0 Å². The van der Waals surface area contributed by atoms with Crippen LogP contribution in [0.4, 0.5) is 10.2 Å². The number of ether oxygens (including phenoxy) is 2. The fourth-order valence-corrected chi connectivity index (χ4v) is 4.25. The van der Waals surface area contributed by atoms with E-state index in [-0.39, 0.29) is 37.8 Å². The number of aliphatic hydroxyl groups is 4. The lowest BCUT2D eigenvalue weighted by Gasteiger charge is -2.42. The number of anilines is 1. The molecule has 1 aromatic heterocycles. The van der Waals surface area contributed by atoms with Crippen molar-refractivity contribution in [1.29, 1.82) is 0 Å². The Morgan fingerprint density at radius 1 is 1.24 bits per heavy atom. The van der Waals surface area contributed by atoms with Crippen LogP contribution in [0.15, 0.2) is 53.5 Å². The SMILES string of the molecule is COc1cc(CN(O)[C@@]2(O)[C@H](O)[C@@H](CO)O[C@@]2(O)n2c(N)c(-c3ccccc3F)cnc2=O)ccc1O. The largest absolute Gasteiger partial charge is 0.504 e. The van der Waals surface area contributed by atoms with E-state index in [1.165, 1.54) is 43.5 Å². The Balaban J connectivity index is 1.87. The molecule has 2 aromatic carbocycles. The molecule has 0 radical (unpaired) electrons. The first-order valence-electron chi connectivity index (χ1n) is 10.9. The summed E-state index contributed by atoms with van der Waals surface area (Å²) in [6, 6.07) is 9.22. The number of aliphatic hydroxyl groups excluding tert-OH is 2. The lowest BCUT2D eigenvalue weighted by Crippen LogP contribution is -2.68. The van der Waals surface area contributed by atoms with Crippen molar-refractivity contribution in [3.8, 4) is 22.6 Å². The molecule has 0 bridgehead atoms. The van der Waals surface area contributed by atoms with Crippen LogP contribution in [0.3, 0.4) is 0 Å². The quantitative estimate of drug-likeness (QED) is 0.152. The molecule has 1 fully saturated rings. The van der Waals surface area contributed by atoms with Gasteiger partial charge in [0.05, 0.1) is 20.3 Å². The van der Waals surface area contributed by atoms with Gasteiger partial charge in [0.25, 0.3) is 0 Å². The Morgan fingerprint density at radius 2 is 1.95 bits per heavy atom. The first-order valence-corrected chi connectivity index (χ1v) is 10.9.